The number of hydrogen-bond acceptors (Lipinski definition) is 6. The zero-order valence-corrected chi connectivity index (χ0v) is 21.1. The summed E-state index contributed by atoms with van der Waals surface area (Å²) < 4.78 is 45.0. The summed E-state index contributed by atoms with van der Waals surface area (Å²) in [5.74, 6) is 0.451. The molecular weight excluding hydrogens is 476 g/mol. The van der Waals surface area contributed by atoms with Crippen molar-refractivity contribution in [2.24, 2.45) is 0 Å². The highest BCUT2D eigenvalue weighted by Gasteiger charge is 2.52. The van der Waals surface area contributed by atoms with Crippen molar-refractivity contribution in [2.45, 2.75) is 56.3 Å². The van der Waals surface area contributed by atoms with Gasteiger partial charge in [0.1, 0.15) is 24.4 Å². The van der Waals surface area contributed by atoms with Gasteiger partial charge in [0.25, 0.3) is 0 Å². The predicted molar refractivity (Wildman–Crippen MR) is 137 cm³/mol. The smallest absolute Gasteiger partial charge is 0.184 e. The van der Waals surface area contributed by atoms with Crippen LogP contribution >= 0.6 is 0 Å². The molecule has 2 heterocycles. The number of ether oxygens (including phenoxy) is 5. The Balaban J connectivity index is 1.43. The number of rotatable bonds is 9. The average Bonchev–Trinajstić information content (AvgIpc) is 2.95. The topological polar surface area (TPSA) is 63.2 Å². The Bertz CT molecular complexity index is 1100. The van der Waals surface area contributed by atoms with Gasteiger partial charge in [-0.25, -0.2) is 0 Å². The van der Waals surface area contributed by atoms with Crippen molar-refractivity contribution < 1.29 is 27.9 Å². The van der Waals surface area contributed by atoms with Crippen LogP contribution in [-0.2, 0) is 47.7 Å². The molecule has 0 amide bonds. The van der Waals surface area contributed by atoms with Gasteiger partial charge in [0.15, 0.2) is 11.7 Å². The maximum atomic E-state index is 13.1. The fourth-order valence-electron chi connectivity index (χ4n) is 4.60. The van der Waals surface area contributed by atoms with Crippen molar-refractivity contribution in [1.82, 2.24) is 0 Å². The van der Waals surface area contributed by atoms with Gasteiger partial charge in [-0.15, -0.1) is 0 Å². The molecule has 0 radical (unpaired) electrons. The second-order valence-corrected chi connectivity index (χ2v) is 10.7. The van der Waals surface area contributed by atoms with Gasteiger partial charge in [-0.1, -0.05) is 97.9 Å². The summed E-state index contributed by atoms with van der Waals surface area (Å²) in [4.78, 5) is 0. The van der Waals surface area contributed by atoms with Crippen molar-refractivity contribution in [2.75, 3.05) is 12.4 Å². The van der Waals surface area contributed by atoms with Crippen LogP contribution in [0.5, 0.6) is 0 Å². The van der Waals surface area contributed by atoms with Gasteiger partial charge in [0.2, 0.25) is 0 Å². The molecule has 190 valence electrons. The second-order valence-electron chi connectivity index (χ2n) is 8.91. The Labute approximate surface area is 214 Å². The van der Waals surface area contributed by atoms with E-state index in [0.29, 0.717) is 25.6 Å². The fraction of sp³-hybridized carbons (Fsp3) is 0.379. The first-order chi connectivity index (χ1) is 17.7. The molecule has 3 aromatic rings. The maximum Gasteiger partial charge on any atom is 0.184 e. The Kier molecular flexibility index (Phi) is 8.59. The lowest BCUT2D eigenvalue weighted by molar-refractivity contribution is -0.330. The van der Waals surface area contributed by atoms with E-state index < -0.39 is 46.9 Å². The van der Waals surface area contributed by atoms with Gasteiger partial charge < -0.3 is 23.7 Å². The predicted octanol–water partition coefficient (Wildman–Crippen LogP) is 4.76. The molecule has 6 nitrogen and oxygen atoms in total. The highest BCUT2D eigenvalue weighted by atomic mass is 32.2. The molecule has 0 aliphatic carbocycles. The normalized spacial score (nSPS) is 28.8. The molecule has 2 aliphatic rings. The second kappa shape index (κ2) is 12.2. The maximum absolute atomic E-state index is 13.1. The standard InChI is InChI=1S/C29H32O6S/c1-2-36(30)29-27(32-19-22-14-8-4-9-15-22)26(31-18-21-12-6-3-7-13-21)25-24(34-29)20-33-28(35-25)23-16-10-5-11-17-23/h3-17,24-29H,2,18-20H2,1H3/t24?,25-,26-,27-,28?,29+,36?/m0/s1. The molecule has 3 unspecified atom stereocenters. The van der Waals surface area contributed by atoms with Crippen molar-refractivity contribution in [3.05, 3.63) is 108 Å². The van der Waals surface area contributed by atoms with E-state index >= 15 is 0 Å². The number of benzene rings is 3. The molecule has 3 aromatic carbocycles. The monoisotopic (exact) mass is 508 g/mol. The van der Waals surface area contributed by atoms with Crippen molar-refractivity contribution in [3.8, 4) is 0 Å². The Morgan fingerprint density at radius 3 is 1.92 bits per heavy atom. The third-order valence-corrected chi connectivity index (χ3v) is 7.94. The lowest BCUT2D eigenvalue weighted by atomic mass is 9.98. The molecule has 7 atom stereocenters. The first-order valence-electron chi connectivity index (χ1n) is 12.4. The molecular formula is C29H32O6S. The number of hydrogen-bond donors (Lipinski definition) is 0. The van der Waals surface area contributed by atoms with Gasteiger partial charge in [-0.3, -0.25) is 4.21 Å². The summed E-state index contributed by atoms with van der Waals surface area (Å²) in [6, 6.07) is 29.8. The van der Waals surface area contributed by atoms with Crippen LogP contribution in [0, 0.1) is 0 Å². The van der Waals surface area contributed by atoms with Crippen LogP contribution in [0.1, 0.15) is 29.9 Å². The SMILES string of the molecule is CCS(=O)[C@H]1OC2COC(c3ccccc3)O[C@@H]2[C@H](OCc2ccccc2)[C@@H]1OCc1ccccc1. The van der Waals surface area contributed by atoms with Gasteiger partial charge in [0, 0.05) is 11.3 Å². The molecule has 0 N–H and O–H groups in total. The van der Waals surface area contributed by atoms with Crippen LogP contribution in [0.4, 0.5) is 0 Å². The Morgan fingerprint density at radius 1 is 0.778 bits per heavy atom. The molecule has 2 fully saturated rings. The zero-order chi connectivity index (χ0) is 24.7. The summed E-state index contributed by atoms with van der Waals surface area (Å²) >= 11 is 0. The van der Waals surface area contributed by atoms with Crippen molar-refractivity contribution >= 4 is 10.8 Å². The molecule has 0 spiro atoms. The van der Waals surface area contributed by atoms with Gasteiger partial charge in [-0.05, 0) is 11.1 Å². The van der Waals surface area contributed by atoms with E-state index in [1.807, 2.05) is 97.9 Å². The minimum absolute atomic E-state index is 0.318. The molecule has 2 aliphatic heterocycles. The van der Waals surface area contributed by atoms with Gasteiger partial charge in [0.05, 0.1) is 30.6 Å². The summed E-state index contributed by atoms with van der Waals surface area (Å²) in [7, 11) is -1.27. The molecule has 0 saturated carbocycles. The minimum Gasteiger partial charge on any atom is -0.368 e. The minimum atomic E-state index is -1.27. The largest absolute Gasteiger partial charge is 0.368 e. The highest BCUT2D eigenvalue weighted by molar-refractivity contribution is 7.85. The van der Waals surface area contributed by atoms with E-state index in [-0.39, 0.29) is 0 Å². The summed E-state index contributed by atoms with van der Waals surface area (Å²) in [6.07, 6.45) is -2.48. The molecule has 0 aromatic heterocycles. The summed E-state index contributed by atoms with van der Waals surface area (Å²) in [6.45, 7) is 2.94. The van der Waals surface area contributed by atoms with Crippen LogP contribution in [0.15, 0.2) is 91.0 Å². The van der Waals surface area contributed by atoms with E-state index in [1.165, 1.54) is 0 Å². The van der Waals surface area contributed by atoms with Crippen LogP contribution in [0.3, 0.4) is 0 Å². The van der Waals surface area contributed by atoms with E-state index in [4.69, 9.17) is 23.7 Å². The van der Waals surface area contributed by atoms with E-state index in [2.05, 4.69) is 0 Å². The first kappa shape index (κ1) is 25.3. The van der Waals surface area contributed by atoms with E-state index in [1.54, 1.807) is 0 Å². The van der Waals surface area contributed by atoms with Crippen LogP contribution in [-0.4, -0.2) is 46.4 Å². The van der Waals surface area contributed by atoms with E-state index in [9.17, 15) is 4.21 Å². The Hall–Kier alpha value is -2.39. The van der Waals surface area contributed by atoms with Gasteiger partial charge >= 0.3 is 0 Å². The molecule has 36 heavy (non-hydrogen) atoms. The van der Waals surface area contributed by atoms with Crippen molar-refractivity contribution in [3.63, 3.8) is 0 Å². The lowest BCUT2D eigenvalue weighted by Crippen LogP contribution is -2.64. The van der Waals surface area contributed by atoms with Crippen LogP contribution in [0.2, 0.25) is 0 Å². The zero-order valence-electron chi connectivity index (χ0n) is 20.3. The Morgan fingerprint density at radius 2 is 1.33 bits per heavy atom. The van der Waals surface area contributed by atoms with Crippen LogP contribution in [0.25, 0.3) is 0 Å². The summed E-state index contributed by atoms with van der Waals surface area (Å²) in [5.41, 5.74) is 2.35. The van der Waals surface area contributed by atoms with E-state index in [0.717, 1.165) is 16.7 Å². The van der Waals surface area contributed by atoms with Gasteiger partial charge in [-0.2, -0.15) is 0 Å². The molecule has 2 saturated heterocycles. The third-order valence-electron chi connectivity index (χ3n) is 6.47. The average molecular weight is 509 g/mol. The molecule has 7 heteroatoms. The number of fused-ring (bicyclic) bond motifs is 1. The molecule has 0 bridgehead atoms. The lowest BCUT2D eigenvalue weighted by Gasteiger charge is -2.49. The molecule has 5 rings (SSSR count). The summed E-state index contributed by atoms with van der Waals surface area (Å²) in [5, 5.41) is 0. The third kappa shape index (κ3) is 5.94. The quantitative estimate of drug-likeness (QED) is 0.415. The fourth-order valence-corrected chi connectivity index (χ4v) is 5.73. The van der Waals surface area contributed by atoms with Crippen LogP contribution < -0.4 is 0 Å². The highest BCUT2D eigenvalue weighted by Crippen LogP contribution is 2.37. The van der Waals surface area contributed by atoms with Crippen molar-refractivity contribution in [1.29, 1.82) is 0 Å². The first-order valence-corrected chi connectivity index (χ1v) is 13.8.